The van der Waals surface area contributed by atoms with Gasteiger partial charge in [-0.3, -0.25) is 9.78 Å². The van der Waals surface area contributed by atoms with Crippen LogP contribution in [-0.4, -0.2) is 33.2 Å². The summed E-state index contributed by atoms with van der Waals surface area (Å²) in [4.78, 5) is 17.0. The smallest absolute Gasteiger partial charge is 0.155 e. The van der Waals surface area contributed by atoms with Crippen LogP contribution in [0.4, 0.5) is 0 Å². The predicted molar refractivity (Wildman–Crippen MR) is 144 cm³/mol. The number of nitrogens with zero attached hydrogens (tertiary/aromatic N) is 1. The molecule has 1 aromatic heterocycles. The molecule has 3 fully saturated rings. The van der Waals surface area contributed by atoms with Gasteiger partial charge in [0, 0.05) is 25.4 Å². The Hall–Kier alpha value is -2.30. The summed E-state index contributed by atoms with van der Waals surface area (Å²) in [5.41, 5.74) is 5.92. The van der Waals surface area contributed by atoms with Gasteiger partial charge in [0.2, 0.25) is 0 Å². The molecule has 1 heterocycles. The Morgan fingerprint density at radius 2 is 2.00 bits per heavy atom. The second-order valence-corrected chi connectivity index (χ2v) is 13.1. The standard InChI is InChI=1S/C33H39NO3/c1-31-19-28-26-7-5-21(22-4-2-14-34-20-22)16-23(26)18-32-12-9-25(36)17-24(32)6-8-27(30(28)32)29(31)10-13-33(31,37)11-3-15-35/h2,4-5,7,14,16-17,20,27-30,35,37H,3,6,8-13,15,18-19H2,1H3/t27-,28?,29+,30?,31-,32+,33+/m0/s1. The Morgan fingerprint density at radius 3 is 2.81 bits per heavy atom. The van der Waals surface area contributed by atoms with Gasteiger partial charge in [0.05, 0.1) is 5.60 Å². The number of carbonyl (C=O) groups excluding carboxylic acids is 1. The molecule has 2 unspecified atom stereocenters. The molecule has 0 bridgehead atoms. The molecule has 7 atom stereocenters. The van der Waals surface area contributed by atoms with E-state index in [1.165, 1.54) is 22.3 Å². The van der Waals surface area contributed by atoms with Gasteiger partial charge in [-0.25, -0.2) is 0 Å². The minimum atomic E-state index is -0.704. The number of hydrogen-bond donors (Lipinski definition) is 2. The van der Waals surface area contributed by atoms with E-state index >= 15 is 0 Å². The Morgan fingerprint density at radius 1 is 1.11 bits per heavy atom. The molecule has 2 aromatic rings. The van der Waals surface area contributed by atoms with Gasteiger partial charge in [-0.1, -0.05) is 36.8 Å². The fraction of sp³-hybridized carbons (Fsp3) is 0.576. The lowest BCUT2D eigenvalue weighted by Crippen LogP contribution is -2.59. The molecule has 1 spiro atoms. The topological polar surface area (TPSA) is 70.4 Å². The van der Waals surface area contributed by atoms with Gasteiger partial charge in [0.25, 0.3) is 0 Å². The van der Waals surface area contributed by atoms with E-state index in [-0.39, 0.29) is 17.4 Å². The maximum Gasteiger partial charge on any atom is 0.155 e. The lowest BCUT2D eigenvalue weighted by Gasteiger charge is -2.65. The highest BCUT2D eigenvalue weighted by Crippen LogP contribution is 2.73. The third-order valence-electron chi connectivity index (χ3n) is 11.8. The predicted octanol–water partition coefficient (Wildman–Crippen LogP) is 6.01. The Bertz CT molecular complexity index is 1270. The Balaban J connectivity index is 1.38. The maximum absolute atomic E-state index is 12.6. The van der Waals surface area contributed by atoms with Crippen LogP contribution in [0, 0.1) is 28.6 Å². The van der Waals surface area contributed by atoms with Crippen molar-refractivity contribution in [1.82, 2.24) is 4.98 Å². The zero-order valence-corrected chi connectivity index (χ0v) is 22.0. The number of benzene rings is 1. The first-order chi connectivity index (χ1) is 17.9. The van der Waals surface area contributed by atoms with Crippen LogP contribution >= 0.6 is 0 Å². The lowest BCUT2D eigenvalue weighted by molar-refractivity contribution is -0.146. The maximum atomic E-state index is 12.6. The zero-order chi connectivity index (χ0) is 25.4. The molecule has 2 N–H and O–H groups in total. The molecule has 0 saturated heterocycles. The van der Waals surface area contributed by atoms with E-state index in [0.717, 1.165) is 50.5 Å². The van der Waals surface area contributed by atoms with E-state index in [9.17, 15) is 15.0 Å². The van der Waals surface area contributed by atoms with Crippen LogP contribution in [0.2, 0.25) is 0 Å². The minimum Gasteiger partial charge on any atom is -0.396 e. The molecule has 194 valence electrons. The third kappa shape index (κ3) is 3.27. The van der Waals surface area contributed by atoms with Crippen molar-refractivity contribution < 1.29 is 15.0 Å². The number of aliphatic hydroxyl groups excluding tert-OH is 1. The Labute approximate surface area is 220 Å². The number of rotatable bonds is 4. The minimum absolute atomic E-state index is 0.0786. The van der Waals surface area contributed by atoms with E-state index in [1.54, 1.807) is 0 Å². The summed E-state index contributed by atoms with van der Waals surface area (Å²) >= 11 is 0. The number of carbonyl (C=O) groups is 1. The van der Waals surface area contributed by atoms with Crippen molar-refractivity contribution in [3.63, 3.8) is 0 Å². The van der Waals surface area contributed by atoms with Crippen LogP contribution in [0.3, 0.4) is 0 Å². The molecule has 5 aliphatic rings. The van der Waals surface area contributed by atoms with Crippen molar-refractivity contribution in [1.29, 1.82) is 0 Å². The van der Waals surface area contributed by atoms with Crippen molar-refractivity contribution in [2.45, 2.75) is 82.7 Å². The monoisotopic (exact) mass is 497 g/mol. The third-order valence-corrected chi connectivity index (χ3v) is 11.8. The first-order valence-corrected chi connectivity index (χ1v) is 14.5. The summed E-state index contributed by atoms with van der Waals surface area (Å²) in [6.45, 7) is 2.52. The SMILES string of the molecule is C[C@]12CC3c4ccc(-c5cccnc5)cc4C[C@]45CCC(=O)C=C4CC[C@H](C35)[C@H]1CC[C@]2(O)CCCO. The van der Waals surface area contributed by atoms with Crippen LogP contribution in [-0.2, 0) is 11.2 Å². The van der Waals surface area contributed by atoms with Gasteiger partial charge in [-0.15, -0.1) is 0 Å². The molecule has 1 aromatic carbocycles. The van der Waals surface area contributed by atoms with Gasteiger partial charge in [0.15, 0.2) is 5.78 Å². The van der Waals surface area contributed by atoms with Crippen LogP contribution < -0.4 is 0 Å². The molecule has 37 heavy (non-hydrogen) atoms. The highest BCUT2D eigenvalue weighted by Gasteiger charge is 2.68. The number of aliphatic hydroxyl groups is 2. The van der Waals surface area contributed by atoms with Gasteiger partial charge < -0.3 is 10.2 Å². The molecular weight excluding hydrogens is 458 g/mol. The zero-order valence-electron chi connectivity index (χ0n) is 22.0. The normalized spacial score (nSPS) is 39.8. The van der Waals surface area contributed by atoms with E-state index in [1.807, 2.05) is 24.5 Å². The first-order valence-electron chi connectivity index (χ1n) is 14.5. The van der Waals surface area contributed by atoms with Gasteiger partial charge in [-0.05, 0) is 127 Å². The van der Waals surface area contributed by atoms with E-state index < -0.39 is 5.60 Å². The summed E-state index contributed by atoms with van der Waals surface area (Å²) in [5.74, 6) is 2.36. The van der Waals surface area contributed by atoms with Gasteiger partial charge in [-0.2, -0.15) is 0 Å². The van der Waals surface area contributed by atoms with E-state index in [4.69, 9.17) is 0 Å². The second kappa shape index (κ2) is 8.35. The van der Waals surface area contributed by atoms with Crippen molar-refractivity contribution in [2.75, 3.05) is 6.61 Å². The average Bonchev–Trinajstić information content (AvgIpc) is 3.18. The van der Waals surface area contributed by atoms with Crippen LogP contribution in [0.15, 0.2) is 54.4 Å². The molecule has 3 saturated carbocycles. The summed E-state index contributed by atoms with van der Waals surface area (Å²) < 4.78 is 0. The number of hydrogen-bond acceptors (Lipinski definition) is 4. The molecule has 0 amide bonds. The molecule has 0 radical (unpaired) electrons. The van der Waals surface area contributed by atoms with Crippen molar-refractivity contribution in [2.24, 2.45) is 28.6 Å². The van der Waals surface area contributed by atoms with Crippen molar-refractivity contribution in [3.05, 3.63) is 65.5 Å². The van der Waals surface area contributed by atoms with Crippen LogP contribution in [0.25, 0.3) is 11.1 Å². The summed E-state index contributed by atoms with van der Waals surface area (Å²) in [7, 11) is 0. The number of ketones is 1. The number of allylic oxidation sites excluding steroid dienone is 1. The number of pyridine rings is 1. The summed E-state index contributed by atoms with van der Waals surface area (Å²) in [5, 5.41) is 21.7. The molecule has 7 rings (SSSR count). The lowest BCUT2D eigenvalue weighted by atomic mass is 9.39. The van der Waals surface area contributed by atoms with Crippen LogP contribution in [0.5, 0.6) is 0 Å². The average molecular weight is 498 g/mol. The molecular formula is C33H39NO3. The van der Waals surface area contributed by atoms with Gasteiger partial charge in [0.1, 0.15) is 0 Å². The number of aromatic nitrogens is 1. The van der Waals surface area contributed by atoms with E-state index in [2.05, 4.69) is 36.2 Å². The summed E-state index contributed by atoms with van der Waals surface area (Å²) in [6.07, 6.45) is 14.9. The number of fused-ring (bicyclic) bond motifs is 4. The molecule has 5 aliphatic carbocycles. The highest BCUT2D eigenvalue weighted by molar-refractivity contribution is 5.91. The summed E-state index contributed by atoms with van der Waals surface area (Å²) in [6, 6.07) is 11.2. The second-order valence-electron chi connectivity index (χ2n) is 13.1. The van der Waals surface area contributed by atoms with Crippen molar-refractivity contribution >= 4 is 5.78 Å². The quantitative estimate of drug-likeness (QED) is 0.542. The highest BCUT2D eigenvalue weighted by atomic mass is 16.3. The fourth-order valence-electron chi connectivity index (χ4n) is 10.2. The largest absolute Gasteiger partial charge is 0.396 e. The molecule has 4 heteroatoms. The van der Waals surface area contributed by atoms with Gasteiger partial charge >= 0.3 is 0 Å². The molecule has 0 aliphatic heterocycles. The van der Waals surface area contributed by atoms with Crippen LogP contribution in [0.1, 0.15) is 81.8 Å². The first kappa shape index (κ1) is 23.8. The Kier molecular flexibility index (Phi) is 5.37. The molecule has 4 nitrogen and oxygen atoms in total. The fourth-order valence-corrected chi connectivity index (χ4v) is 10.2. The van der Waals surface area contributed by atoms with Crippen molar-refractivity contribution in [3.8, 4) is 11.1 Å². The van der Waals surface area contributed by atoms with E-state index in [0.29, 0.717) is 48.7 Å².